The minimum absolute atomic E-state index is 0.328. The Morgan fingerprint density at radius 1 is 1.04 bits per heavy atom. The van der Waals surface area contributed by atoms with E-state index in [0.29, 0.717) is 12.3 Å². The molecule has 0 atom stereocenters. The lowest BCUT2D eigenvalue weighted by molar-refractivity contribution is -0.133. The molecular weight excluding hydrogens is 288 g/mol. The van der Waals surface area contributed by atoms with Crippen LogP contribution in [0.25, 0.3) is 0 Å². The third-order valence-electron chi connectivity index (χ3n) is 5.08. The summed E-state index contributed by atoms with van der Waals surface area (Å²) in [4.78, 5) is 16.8. The number of carbonyl (C=O) groups is 1. The number of rotatable bonds is 5. The highest BCUT2D eigenvalue weighted by atomic mass is 16.5. The Kier molecular flexibility index (Phi) is 6.06. The molecule has 2 aliphatic heterocycles. The SMILES string of the molecule is O=C(CCN1CCOCC1)N1CCC(Cc2ccccc2)CC1. The van der Waals surface area contributed by atoms with Gasteiger partial charge in [-0.1, -0.05) is 30.3 Å². The fourth-order valence-corrected chi connectivity index (χ4v) is 3.57. The van der Waals surface area contributed by atoms with E-state index in [1.54, 1.807) is 0 Å². The number of nitrogens with zero attached hydrogens (tertiary/aromatic N) is 2. The van der Waals surface area contributed by atoms with E-state index in [9.17, 15) is 4.79 Å². The van der Waals surface area contributed by atoms with Gasteiger partial charge in [0.05, 0.1) is 13.2 Å². The molecule has 3 rings (SSSR count). The highest BCUT2D eigenvalue weighted by Crippen LogP contribution is 2.22. The summed E-state index contributed by atoms with van der Waals surface area (Å²) < 4.78 is 5.35. The number of hydrogen-bond acceptors (Lipinski definition) is 3. The van der Waals surface area contributed by atoms with Crippen LogP contribution in [0.1, 0.15) is 24.8 Å². The molecule has 1 amide bonds. The van der Waals surface area contributed by atoms with E-state index in [2.05, 4.69) is 40.1 Å². The van der Waals surface area contributed by atoms with Gasteiger partial charge in [0.25, 0.3) is 0 Å². The van der Waals surface area contributed by atoms with Crippen LogP contribution in [0.2, 0.25) is 0 Å². The van der Waals surface area contributed by atoms with Crippen molar-refractivity contribution in [2.24, 2.45) is 5.92 Å². The quantitative estimate of drug-likeness (QED) is 0.835. The highest BCUT2D eigenvalue weighted by molar-refractivity contribution is 5.76. The minimum Gasteiger partial charge on any atom is -0.379 e. The zero-order valence-electron chi connectivity index (χ0n) is 14.0. The zero-order chi connectivity index (χ0) is 15.9. The van der Waals surface area contributed by atoms with Crippen molar-refractivity contribution in [3.63, 3.8) is 0 Å². The Bertz CT molecular complexity index is 477. The van der Waals surface area contributed by atoms with Gasteiger partial charge in [-0.05, 0) is 30.7 Å². The third kappa shape index (κ3) is 5.05. The van der Waals surface area contributed by atoms with E-state index in [1.165, 1.54) is 5.56 Å². The Morgan fingerprint density at radius 3 is 2.43 bits per heavy atom. The molecule has 0 unspecified atom stereocenters. The first-order valence-electron chi connectivity index (χ1n) is 8.93. The van der Waals surface area contributed by atoms with Crippen LogP contribution < -0.4 is 0 Å². The van der Waals surface area contributed by atoms with E-state index < -0.39 is 0 Å². The van der Waals surface area contributed by atoms with Crippen molar-refractivity contribution in [2.45, 2.75) is 25.7 Å². The smallest absolute Gasteiger partial charge is 0.223 e. The summed E-state index contributed by atoms with van der Waals surface area (Å²) in [5, 5.41) is 0. The van der Waals surface area contributed by atoms with Crippen molar-refractivity contribution >= 4 is 5.91 Å². The number of morpholine rings is 1. The van der Waals surface area contributed by atoms with Crippen molar-refractivity contribution in [1.82, 2.24) is 9.80 Å². The predicted octanol–water partition coefficient (Wildman–Crippen LogP) is 2.19. The molecule has 4 nitrogen and oxygen atoms in total. The lowest BCUT2D eigenvalue weighted by Gasteiger charge is -2.33. The molecule has 2 saturated heterocycles. The van der Waals surface area contributed by atoms with E-state index in [0.717, 1.165) is 71.1 Å². The van der Waals surface area contributed by atoms with Gasteiger partial charge in [0, 0.05) is 39.1 Å². The van der Waals surface area contributed by atoms with E-state index in [1.807, 2.05) is 0 Å². The fourth-order valence-electron chi connectivity index (χ4n) is 3.57. The zero-order valence-corrected chi connectivity index (χ0v) is 14.0. The van der Waals surface area contributed by atoms with Gasteiger partial charge in [-0.3, -0.25) is 9.69 Å². The Labute approximate surface area is 139 Å². The first-order valence-corrected chi connectivity index (χ1v) is 8.93. The topological polar surface area (TPSA) is 32.8 Å². The van der Waals surface area contributed by atoms with Gasteiger partial charge in [-0.2, -0.15) is 0 Å². The summed E-state index contributed by atoms with van der Waals surface area (Å²) in [6.45, 7) is 6.28. The highest BCUT2D eigenvalue weighted by Gasteiger charge is 2.23. The maximum absolute atomic E-state index is 12.4. The van der Waals surface area contributed by atoms with Gasteiger partial charge in [-0.15, -0.1) is 0 Å². The molecule has 126 valence electrons. The summed E-state index contributed by atoms with van der Waals surface area (Å²) in [7, 11) is 0. The fraction of sp³-hybridized carbons (Fsp3) is 0.632. The second-order valence-electron chi connectivity index (χ2n) is 6.72. The largest absolute Gasteiger partial charge is 0.379 e. The van der Waals surface area contributed by atoms with Crippen LogP contribution in [0.3, 0.4) is 0 Å². The van der Waals surface area contributed by atoms with Crippen molar-refractivity contribution < 1.29 is 9.53 Å². The average molecular weight is 316 g/mol. The van der Waals surface area contributed by atoms with Gasteiger partial charge in [0.2, 0.25) is 5.91 Å². The second-order valence-corrected chi connectivity index (χ2v) is 6.72. The Morgan fingerprint density at radius 2 is 1.74 bits per heavy atom. The summed E-state index contributed by atoms with van der Waals surface area (Å²) in [6, 6.07) is 10.7. The van der Waals surface area contributed by atoms with Crippen LogP contribution in [0.4, 0.5) is 0 Å². The van der Waals surface area contributed by atoms with Crippen LogP contribution in [-0.2, 0) is 16.0 Å². The van der Waals surface area contributed by atoms with E-state index in [-0.39, 0.29) is 0 Å². The van der Waals surface area contributed by atoms with Gasteiger partial charge in [0.15, 0.2) is 0 Å². The molecule has 2 heterocycles. The lowest BCUT2D eigenvalue weighted by Crippen LogP contribution is -2.42. The number of likely N-dealkylation sites (tertiary alicyclic amines) is 1. The van der Waals surface area contributed by atoms with Crippen molar-refractivity contribution in [1.29, 1.82) is 0 Å². The van der Waals surface area contributed by atoms with Crippen molar-refractivity contribution in [3.05, 3.63) is 35.9 Å². The van der Waals surface area contributed by atoms with E-state index in [4.69, 9.17) is 4.74 Å². The Hall–Kier alpha value is -1.39. The number of carbonyl (C=O) groups excluding carboxylic acids is 1. The van der Waals surface area contributed by atoms with Gasteiger partial charge >= 0.3 is 0 Å². The number of hydrogen-bond donors (Lipinski definition) is 0. The number of piperidine rings is 1. The number of ether oxygens (including phenoxy) is 1. The average Bonchev–Trinajstić information content (AvgIpc) is 2.62. The molecule has 0 saturated carbocycles. The second kappa shape index (κ2) is 8.46. The maximum atomic E-state index is 12.4. The van der Waals surface area contributed by atoms with Crippen LogP contribution in [-0.4, -0.2) is 61.6 Å². The normalized spacial score (nSPS) is 20.6. The summed E-state index contributed by atoms with van der Waals surface area (Å²) in [5.41, 5.74) is 1.42. The molecule has 0 aromatic heterocycles. The number of benzene rings is 1. The predicted molar refractivity (Wildman–Crippen MR) is 91.3 cm³/mol. The first-order chi connectivity index (χ1) is 11.3. The summed E-state index contributed by atoms with van der Waals surface area (Å²) in [5.74, 6) is 1.05. The minimum atomic E-state index is 0.328. The molecule has 1 aromatic carbocycles. The van der Waals surface area contributed by atoms with Crippen molar-refractivity contribution in [3.8, 4) is 0 Å². The van der Waals surface area contributed by atoms with Crippen LogP contribution in [0.15, 0.2) is 30.3 Å². The maximum Gasteiger partial charge on any atom is 0.223 e. The molecule has 0 aliphatic carbocycles. The van der Waals surface area contributed by atoms with Crippen LogP contribution in [0.5, 0.6) is 0 Å². The summed E-state index contributed by atoms with van der Waals surface area (Å²) in [6.07, 6.45) is 4.08. The van der Waals surface area contributed by atoms with Crippen LogP contribution in [0, 0.1) is 5.92 Å². The summed E-state index contributed by atoms with van der Waals surface area (Å²) >= 11 is 0. The Balaban J connectivity index is 1.37. The molecule has 2 fully saturated rings. The molecule has 2 aliphatic rings. The molecule has 0 N–H and O–H groups in total. The van der Waals surface area contributed by atoms with E-state index >= 15 is 0 Å². The standard InChI is InChI=1S/C19H28N2O2/c22-19(8-9-20-12-14-23-15-13-20)21-10-6-18(7-11-21)16-17-4-2-1-3-5-17/h1-5,18H,6-16H2. The molecule has 4 heteroatoms. The number of amides is 1. The molecule has 0 bridgehead atoms. The molecule has 1 aromatic rings. The molecule has 0 radical (unpaired) electrons. The lowest BCUT2D eigenvalue weighted by atomic mass is 9.90. The van der Waals surface area contributed by atoms with Crippen LogP contribution >= 0.6 is 0 Å². The monoisotopic (exact) mass is 316 g/mol. The molecular formula is C19H28N2O2. The van der Waals surface area contributed by atoms with Gasteiger partial charge < -0.3 is 9.64 Å². The molecule has 23 heavy (non-hydrogen) atoms. The van der Waals surface area contributed by atoms with Gasteiger partial charge in [0.1, 0.15) is 0 Å². The van der Waals surface area contributed by atoms with Gasteiger partial charge in [-0.25, -0.2) is 0 Å². The first kappa shape index (κ1) is 16.5. The van der Waals surface area contributed by atoms with Crippen molar-refractivity contribution in [2.75, 3.05) is 45.9 Å². The third-order valence-corrected chi connectivity index (χ3v) is 5.08. The molecule has 0 spiro atoms.